The van der Waals surface area contributed by atoms with Gasteiger partial charge in [-0.1, -0.05) is 13.3 Å². The minimum Gasteiger partial charge on any atom is -0.497 e. The number of carbonyl (C=O) groups is 1. The van der Waals surface area contributed by atoms with Crippen LogP contribution in [0.25, 0.3) is 0 Å². The highest BCUT2D eigenvalue weighted by Gasteiger charge is 2.04. The van der Waals surface area contributed by atoms with Crippen LogP contribution in [-0.4, -0.2) is 45.7 Å². The topological polar surface area (TPSA) is 74.8 Å². The molecular formula is C16H26N4O2. The van der Waals surface area contributed by atoms with E-state index < -0.39 is 0 Å². The molecule has 0 aliphatic heterocycles. The van der Waals surface area contributed by atoms with Gasteiger partial charge in [-0.25, -0.2) is 0 Å². The molecule has 0 fully saturated rings. The Bertz CT molecular complexity index is 472. The summed E-state index contributed by atoms with van der Waals surface area (Å²) >= 11 is 0. The Balaban J connectivity index is 2.26. The molecule has 3 N–H and O–H groups in total. The summed E-state index contributed by atoms with van der Waals surface area (Å²) in [5, 5.41) is 9.23. The monoisotopic (exact) mass is 306 g/mol. The maximum Gasteiger partial charge on any atom is 0.251 e. The number of hydrogen-bond acceptors (Lipinski definition) is 3. The van der Waals surface area contributed by atoms with Crippen LogP contribution in [0.1, 0.15) is 30.1 Å². The van der Waals surface area contributed by atoms with Gasteiger partial charge < -0.3 is 20.7 Å². The normalized spacial score (nSPS) is 11.0. The lowest BCUT2D eigenvalue weighted by Gasteiger charge is -2.12. The Hall–Kier alpha value is -2.24. The molecule has 6 nitrogen and oxygen atoms in total. The second-order valence-corrected chi connectivity index (χ2v) is 4.76. The molecule has 0 bridgehead atoms. The van der Waals surface area contributed by atoms with Gasteiger partial charge in [0.15, 0.2) is 5.96 Å². The van der Waals surface area contributed by atoms with Crippen LogP contribution in [0.15, 0.2) is 29.3 Å². The summed E-state index contributed by atoms with van der Waals surface area (Å²) in [6.45, 7) is 4.19. The van der Waals surface area contributed by atoms with Crippen molar-refractivity contribution in [3.05, 3.63) is 29.8 Å². The van der Waals surface area contributed by atoms with Gasteiger partial charge >= 0.3 is 0 Å². The molecule has 122 valence electrons. The Morgan fingerprint density at radius 1 is 1.09 bits per heavy atom. The quantitative estimate of drug-likeness (QED) is 0.385. The number of unbranched alkanes of at least 4 members (excludes halogenated alkanes) is 1. The van der Waals surface area contributed by atoms with Crippen molar-refractivity contribution >= 4 is 11.9 Å². The fourth-order valence-corrected chi connectivity index (χ4v) is 1.81. The summed E-state index contributed by atoms with van der Waals surface area (Å²) < 4.78 is 5.06. The van der Waals surface area contributed by atoms with Gasteiger partial charge in [0.25, 0.3) is 5.91 Å². The minimum atomic E-state index is -0.0987. The molecule has 0 radical (unpaired) electrons. The predicted octanol–water partition coefficient (Wildman–Crippen LogP) is 1.39. The van der Waals surface area contributed by atoms with E-state index >= 15 is 0 Å². The zero-order valence-corrected chi connectivity index (χ0v) is 13.6. The van der Waals surface area contributed by atoms with E-state index in [4.69, 9.17) is 4.74 Å². The van der Waals surface area contributed by atoms with Crippen molar-refractivity contribution in [1.82, 2.24) is 16.0 Å². The van der Waals surface area contributed by atoms with E-state index in [-0.39, 0.29) is 5.91 Å². The van der Waals surface area contributed by atoms with Gasteiger partial charge in [-0.2, -0.15) is 0 Å². The highest BCUT2D eigenvalue weighted by Crippen LogP contribution is 2.10. The molecule has 1 amide bonds. The first-order valence-electron chi connectivity index (χ1n) is 7.58. The van der Waals surface area contributed by atoms with Crippen LogP contribution in [0.5, 0.6) is 5.75 Å². The smallest absolute Gasteiger partial charge is 0.251 e. The molecule has 0 heterocycles. The summed E-state index contributed by atoms with van der Waals surface area (Å²) in [4.78, 5) is 16.1. The molecule has 22 heavy (non-hydrogen) atoms. The first kappa shape index (κ1) is 17.8. The molecule has 0 saturated carbocycles. The molecule has 1 rings (SSSR count). The van der Waals surface area contributed by atoms with Gasteiger partial charge in [-0.3, -0.25) is 9.79 Å². The average Bonchev–Trinajstić information content (AvgIpc) is 2.57. The maximum atomic E-state index is 11.9. The molecule has 0 aliphatic carbocycles. The molecular weight excluding hydrogens is 280 g/mol. The molecule has 0 atom stereocenters. The number of ether oxygens (including phenoxy) is 1. The van der Waals surface area contributed by atoms with Gasteiger partial charge in [-0.15, -0.1) is 0 Å². The number of aliphatic imine (C=N–C) groups is 1. The van der Waals surface area contributed by atoms with Crippen molar-refractivity contribution in [3.63, 3.8) is 0 Å². The average molecular weight is 306 g/mol. The third kappa shape index (κ3) is 6.47. The van der Waals surface area contributed by atoms with Crippen LogP contribution in [0.4, 0.5) is 0 Å². The number of hydrogen-bond donors (Lipinski definition) is 3. The van der Waals surface area contributed by atoms with E-state index in [1.54, 1.807) is 38.4 Å². The number of carbonyl (C=O) groups excluding carboxylic acids is 1. The predicted molar refractivity (Wildman–Crippen MR) is 89.6 cm³/mol. The van der Waals surface area contributed by atoms with E-state index in [1.165, 1.54) is 0 Å². The van der Waals surface area contributed by atoms with Crippen LogP contribution in [0.3, 0.4) is 0 Å². The zero-order valence-electron chi connectivity index (χ0n) is 13.6. The number of benzene rings is 1. The summed E-state index contributed by atoms with van der Waals surface area (Å²) in [5.74, 6) is 1.39. The van der Waals surface area contributed by atoms with Crippen molar-refractivity contribution in [3.8, 4) is 5.75 Å². The minimum absolute atomic E-state index is 0.0987. The van der Waals surface area contributed by atoms with E-state index in [0.29, 0.717) is 18.7 Å². The molecule has 0 aliphatic rings. The Labute approximate surface area is 132 Å². The molecule has 0 saturated heterocycles. The van der Waals surface area contributed by atoms with Gasteiger partial charge in [0.2, 0.25) is 0 Å². The zero-order chi connectivity index (χ0) is 16.2. The van der Waals surface area contributed by atoms with Crippen molar-refractivity contribution in [2.24, 2.45) is 4.99 Å². The summed E-state index contributed by atoms with van der Waals surface area (Å²) in [6.07, 6.45) is 2.25. The van der Waals surface area contributed by atoms with Gasteiger partial charge in [0.05, 0.1) is 7.11 Å². The van der Waals surface area contributed by atoms with Crippen molar-refractivity contribution < 1.29 is 9.53 Å². The first-order valence-corrected chi connectivity index (χ1v) is 7.58. The highest BCUT2D eigenvalue weighted by atomic mass is 16.5. The van der Waals surface area contributed by atoms with Crippen molar-refractivity contribution in [1.29, 1.82) is 0 Å². The summed E-state index contributed by atoms with van der Waals surface area (Å²) in [7, 11) is 3.33. The first-order chi connectivity index (χ1) is 10.7. The van der Waals surface area contributed by atoms with Gasteiger partial charge in [-0.05, 0) is 30.7 Å². The second-order valence-electron chi connectivity index (χ2n) is 4.76. The molecule has 0 unspecified atom stereocenters. The Kier molecular flexibility index (Phi) is 8.49. The van der Waals surface area contributed by atoms with Gasteiger partial charge in [0, 0.05) is 32.2 Å². The number of nitrogens with zero attached hydrogens (tertiary/aromatic N) is 1. The SMILES string of the molecule is CCCCNC(=NC)NCCNC(=O)c1ccc(OC)cc1. The van der Waals surface area contributed by atoms with Crippen molar-refractivity contribution in [2.45, 2.75) is 19.8 Å². The second kappa shape index (κ2) is 10.5. The van der Waals surface area contributed by atoms with Crippen molar-refractivity contribution in [2.75, 3.05) is 33.8 Å². The van der Waals surface area contributed by atoms with Crippen LogP contribution in [0.2, 0.25) is 0 Å². The Morgan fingerprint density at radius 2 is 1.73 bits per heavy atom. The fourth-order valence-electron chi connectivity index (χ4n) is 1.81. The third-order valence-corrected chi connectivity index (χ3v) is 3.10. The van der Waals surface area contributed by atoms with E-state index in [2.05, 4.69) is 27.9 Å². The fraction of sp³-hybridized carbons (Fsp3) is 0.500. The molecule has 0 aromatic heterocycles. The number of nitrogens with one attached hydrogen (secondary N) is 3. The number of methoxy groups -OCH3 is 1. The van der Waals surface area contributed by atoms with Crippen LogP contribution in [0, 0.1) is 0 Å². The number of amides is 1. The van der Waals surface area contributed by atoms with Gasteiger partial charge in [0.1, 0.15) is 5.75 Å². The lowest BCUT2D eigenvalue weighted by Crippen LogP contribution is -2.41. The molecule has 1 aromatic rings. The Morgan fingerprint density at radius 3 is 2.32 bits per heavy atom. The maximum absolute atomic E-state index is 11.9. The number of rotatable bonds is 8. The lowest BCUT2D eigenvalue weighted by molar-refractivity contribution is 0.0954. The van der Waals surface area contributed by atoms with Crippen LogP contribution in [-0.2, 0) is 0 Å². The largest absolute Gasteiger partial charge is 0.497 e. The third-order valence-electron chi connectivity index (χ3n) is 3.10. The van der Waals surface area contributed by atoms with Crippen LogP contribution < -0.4 is 20.7 Å². The molecule has 1 aromatic carbocycles. The van der Waals surface area contributed by atoms with E-state index in [9.17, 15) is 4.79 Å². The highest BCUT2D eigenvalue weighted by molar-refractivity contribution is 5.94. The number of guanidine groups is 1. The standard InChI is InChI=1S/C16H26N4O2/c1-4-5-10-19-16(17-2)20-12-11-18-15(21)13-6-8-14(22-3)9-7-13/h6-9H,4-5,10-12H2,1-3H3,(H,18,21)(H2,17,19,20). The van der Waals surface area contributed by atoms with Crippen LogP contribution >= 0.6 is 0 Å². The lowest BCUT2D eigenvalue weighted by atomic mass is 10.2. The molecule has 0 spiro atoms. The summed E-state index contributed by atoms with van der Waals surface area (Å²) in [6, 6.07) is 7.03. The summed E-state index contributed by atoms with van der Waals surface area (Å²) in [5.41, 5.74) is 0.617. The van der Waals surface area contributed by atoms with E-state index in [1.807, 2.05) is 0 Å². The van der Waals surface area contributed by atoms with E-state index in [0.717, 1.165) is 31.1 Å². The molecule has 6 heteroatoms.